The molecule has 2 N–H and O–H groups in total. The Morgan fingerprint density at radius 2 is 1.87 bits per heavy atom. The Bertz CT molecular complexity index is 880. The largest absolute Gasteiger partial charge is 0.357 e. The third kappa shape index (κ3) is 8.08. The zero-order valence-corrected chi connectivity index (χ0v) is 20.7. The molecule has 0 radical (unpaired) electrons. The Hall–Kier alpha value is -1.90. The van der Waals surface area contributed by atoms with Gasteiger partial charge in [-0.2, -0.15) is 0 Å². The van der Waals surface area contributed by atoms with E-state index in [0.717, 1.165) is 43.1 Å². The van der Waals surface area contributed by atoms with Crippen LogP contribution in [0.25, 0.3) is 0 Å². The average molecular weight is 528 g/mol. The first-order valence-electron chi connectivity index (χ1n) is 10.3. The van der Waals surface area contributed by atoms with Crippen LogP contribution in [0.5, 0.6) is 0 Å². The Kier molecular flexibility index (Phi) is 11.1. The van der Waals surface area contributed by atoms with Gasteiger partial charge in [-0.15, -0.1) is 24.0 Å². The molecule has 0 bridgehead atoms. The van der Waals surface area contributed by atoms with Crippen LogP contribution >= 0.6 is 24.0 Å². The molecule has 0 aliphatic rings. The molecule has 0 unspecified atom stereocenters. The lowest BCUT2D eigenvalue weighted by molar-refractivity contribution is 0.528. The van der Waals surface area contributed by atoms with E-state index in [0.29, 0.717) is 13.1 Å². The van der Waals surface area contributed by atoms with Crippen LogP contribution in [0, 0.1) is 12.7 Å². The number of aromatic nitrogens is 1. The number of guanidine groups is 1. The van der Waals surface area contributed by atoms with Gasteiger partial charge in [0.05, 0.1) is 6.54 Å². The van der Waals surface area contributed by atoms with Crippen molar-refractivity contribution in [2.45, 2.75) is 52.5 Å². The maximum absolute atomic E-state index is 13.5. The summed E-state index contributed by atoms with van der Waals surface area (Å²) in [5.74, 6) is 0.530. The standard InChI is InChI=1S/C23H33FN4O.HI/c1-5-25-22(27-17-23(3,4)19-11-9-12-20(24)16-19)26-14-6-7-15-28-18(2)10-8-13-21(28)29;/h8-13,16H,5-7,14-15,17H2,1-4H3,(H2,25,26,27);1H. The molecule has 30 heavy (non-hydrogen) atoms. The fourth-order valence-corrected chi connectivity index (χ4v) is 3.13. The molecule has 0 saturated heterocycles. The highest BCUT2D eigenvalue weighted by Gasteiger charge is 2.21. The van der Waals surface area contributed by atoms with E-state index in [1.54, 1.807) is 28.8 Å². The maximum atomic E-state index is 13.5. The molecule has 166 valence electrons. The lowest BCUT2D eigenvalue weighted by Crippen LogP contribution is -2.39. The first-order valence-corrected chi connectivity index (χ1v) is 10.3. The number of nitrogens with zero attached hydrogens (tertiary/aromatic N) is 2. The summed E-state index contributed by atoms with van der Waals surface area (Å²) in [7, 11) is 0. The third-order valence-electron chi connectivity index (χ3n) is 4.95. The normalized spacial score (nSPS) is 11.7. The van der Waals surface area contributed by atoms with Gasteiger partial charge in [-0.3, -0.25) is 9.79 Å². The molecular weight excluding hydrogens is 494 g/mol. The molecule has 5 nitrogen and oxygen atoms in total. The van der Waals surface area contributed by atoms with Gasteiger partial charge in [-0.1, -0.05) is 32.0 Å². The molecule has 0 saturated carbocycles. The van der Waals surface area contributed by atoms with E-state index in [1.807, 2.05) is 26.0 Å². The molecule has 0 aliphatic heterocycles. The number of unbranched alkanes of at least 4 members (excludes halogenated alkanes) is 1. The summed E-state index contributed by atoms with van der Waals surface area (Å²) in [6.07, 6.45) is 1.84. The topological polar surface area (TPSA) is 58.4 Å². The van der Waals surface area contributed by atoms with Gasteiger partial charge in [0.2, 0.25) is 0 Å². The molecule has 0 aliphatic carbocycles. The summed E-state index contributed by atoms with van der Waals surface area (Å²) < 4.78 is 15.4. The highest BCUT2D eigenvalue weighted by molar-refractivity contribution is 14.0. The van der Waals surface area contributed by atoms with Crippen molar-refractivity contribution in [2.75, 3.05) is 19.6 Å². The van der Waals surface area contributed by atoms with Crippen molar-refractivity contribution < 1.29 is 4.39 Å². The fraction of sp³-hybridized carbons (Fsp3) is 0.478. The van der Waals surface area contributed by atoms with Crippen molar-refractivity contribution in [1.82, 2.24) is 15.2 Å². The number of benzene rings is 1. The second kappa shape index (κ2) is 12.7. The van der Waals surface area contributed by atoms with Gasteiger partial charge < -0.3 is 15.2 Å². The third-order valence-corrected chi connectivity index (χ3v) is 4.95. The van der Waals surface area contributed by atoms with Crippen LogP contribution in [0.2, 0.25) is 0 Å². The summed E-state index contributed by atoms with van der Waals surface area (Å²) in [6.45, 7) is 10.9. The van der Waals surface area contributed by atoms with Crippen LogP contribution in [0.1, 0.15) is 44.9 Å². The molecule has 0 amide bonds. The molecule has 1 heterocycles. The Labute approximate surface area is 196 Å². The van der Waals surface area contributed by atoms with E-state index in [1.165, 1.54) is 6.07 Å². The molecule has 2 rings (SSSR count). The number of aryl methyl sites for hydroxylation is 1. The smallest absolute Gasteiger partial charge is 0.250 e. The van der Waals surface area contributed by atoms with Crippen molar-refractivity contribution >= 4 is 29.9 Å². The highest BCUT2D eigenvalue weighted by Crippen LogP contribution is 2.24. The minimum Gasteiger partial charge on any atom is -0.357 e. The summed E-state index contributed by atoms with van der Waals surface area (Å²) in [5, 5.41) is 6.60. The van der Waals surface area contributed by atoms with E-state index in [-0.39, 0.29) is 40.8 Å². The van der Waals surface area contributed by atoms with Gasteiger partial charge in [-0.05, 0) is 50.5 Å². The van der Waals surface area contributed by atoms with Crippen molar-refractivity contribution in [3.8, 4) is 0 Å². The minimum absolute atomic E-state index is 0. The van der Waals surface area contributed by atoms with Crippen molar-refractivity contribution in [3.63, 3.8) is 0 Å². The summed E-state index contributed by atoms with van der Waals surface area (Å²) in [4.78, 5) is 16.6. The molecule has 7 heteroatoms. The number of hydrogen-bond acceptors (Lipinski definition) is 2. The minimum atomic E-state index is -0.267. The zero-order chi connectivity index (χ0) is 21.3. The Balaban J connectivity index is 0.00000450. The first-order chi connectivity index (χ1) is 13.8. The van der Waals surface area contributed by atoms with Crippen LogP contribution in [-0.4, -0.2) is 30.2 Å². The summed E-state index contributed by atoms with van der Waals surface area (Å²) in [6, 6.07) is 12.0. The number of nitrogens with one attached hydrogen (secondary N) is 2. The van der Waals surface area contributed by atoms with Crippen molar-refractivity contribution in [3.05, 3.63) is 69.9 Å². The van der Waals surface area contributed by atoms with Gasteiger partial charge in [0, 0.05) is 36.8 Å². The lowest BCUT2D eigenvalue weighted by atomic mass is 9.85. The quantitative estimate of drug-likeness (QED) is 0.222. The van der Waals surface area contributed by atoms with Crippen LogP contribution < -0.4 is 16.2 Å². The molecule has 0 fully saturated rings. The number of halogens is 2. The number of rotatable bonds is 9. The molecule has 0 spiro atoms. The maximum Gasteiger partial charge on any atom is 0.250 e. The predicted molar refractivity (Wildman–Crippen MR) is 133 cm³/mol. The second-order valence-corrected chi connectivity index (χ2v) is 7.88. The average Bonchev–Trinajstić information content (AvgIpc) is 2.68. The molecule has 1 aromatic carbocycles. The van der Waals surface area contributed by atoms with E-state index in [2.05, 4.69) is 24.5 Å². The zero-order valence-electron chi connectivity index (χ0n) is 18.4. The summed E-state index contributed by atoms with van der Waals surface area (Å²) in [5.41, 5.74) is 1.70. The Morgan fingerprint density at radius 1 is 1.13 bits per heavy atom. The first kappa shape index (κ1) is 26.1. The van der Waals surface area contributed by atoms with E-state index < -0.39 is 0 Å². The van der Waals surface area contributed by atoms with Gasteiger partial charge in [0.1, 0.15) is 5.82 Å². The molecular formula is C23H34FIN4O. The van der Waals surface area contributed by atoms with Crippen molar-refractivity contribution in [2.24, 2.45) is 4.99 Å². The number of pyridine rings is 1. The van der Waals surface area contributed by atoms with Crippen molar-refractivity contribution in [1.29, 1.82) is 0 Å². The van der Waals surface area contributed by atoms with E-state index >= 15 is 0 Å². The van der Waals surface area contributed by atoms with Gasteiger partial charge in [0.15, 0.2) is 5.96 Å². The monoisotopic (exact) mass is 528 g/mol. The number of hydrogen-bond donors (Lipinski definition) is 2. The van der Waals surface area contributed by atoms with Crippen LogP contribution in [-0.2, 0) is 12.0 Å². The lowest BCUT2D eigenvalue weighted by Gasteiger charge is -2.24. The van der Waals surface area contributed by atoms with E-state index in [9.17, 15) is 9.18 Å². The van der Waals surface area contributed by atoms with Gasteiger partial charge in [-0.25, -0.2) is 4.39 Å². The predicted octanol–water partition coefficient (Wildman–Crippen LogP) is 4.23. The SMILES string of the molecule is CCNC(=NCC(C)(C)c1cccc(F)c1)NCCCCn1c(C)cccc1=O.I. The fourth-order valence-electron chi connectivity index (χ4n) is 3.13. The molecule has 2 aromatic rings. The molecule has 0 atom stereocenters. The van der Waals surface area contributed by atoms with Crippen LogP contribution in [0.4, 0.5) is 4.39 Å². The van der Waals surface area contributed by atoms with E-state index in [4.69, 9.17) is 4.99 Å². The number of aliphatic imine (C=N–C) groups is 1. The highest BCUT2D eigenvalue weighted by atomic mass is 127. The van der Waals surface area contributed by atoms with Crippen LogP contribution in [0.3, 0.4) is 0 Å². The van der Waals surface area contributed by atoms with Gasteiger partial charge >= 0.3 is 0 Å². The Morgan fingerprint density at radius 3 is 2.53 bits per heavy atom. The van der Waals surface area contributed by atoms with Gasteiger partial charge in [0.25, 0.3) is 5.56 Å². The summed E-state index contributed by atoms with van der Waals surface area (Å²) >= 11 is 0. The second-order valence-electron chi connectivity index (χ2n) is 7.88. The van der Waals surface area contributed by atoms with Crippen LogP contribution in [0.15, 0.2) is 52.3 Å². The molecule has 1 aromatic heterocycles.